The first kappa shape index (κ1) is 17.2. The number of rotatable bonds is 3. The lowest BCUT2D eigenvalue weighted by atomic mass is 10.1. The summed E-state index contributed by atoms with van der Waals surface area (Å²) >= 11 is 3.83. The number of nitrogens with zero attached hydrogens (tertiary/aromatic N) is 2. The van der Waals surface area contributed by atoms with Crippen LogP contribution in [-0.2, 0) is 4.79 Å². The fourth-order valence-corrected chi connectivity index (χ4v) is 3.56. The fourth-order valence-electron chi connectivity index (χ4n) is 2.26. The smallest absolute Gasteiger partial charge is 0.312 e. The van der Waals surface area contributed by atoms with E-state index in [0.717, 1.165) is 11.0 Å². The highest BCUT2D eigenvalue weighted by Crippen LogP contribution is 2.39. The van der Waals surface area contributed by atoms with Gasteiger partial charge in [-0.25, -0.2) is 4.90 Å². The minimum Gasteiger partial charge on any atom is -0.502 e. The molecule has 0 saturated carbocycles. The van der Waals surface area contributed by atoms with Gasteiger partial charge in [0, 0.05) is 16.1 Å². The quantitative estimate of drug-likeness (QED) is 0.451. The number of thioether (sulfide) groups is 1. The number of carbonyl (C=O) groups is 2. The Bertz CT molecular complexity index is 930. The molecule has 2 amide bonds. The summed E-state index contributed by atoms with van der Waals surface area (Å²) in [5.41, 5.74) is 0.000365. The molecule has 0 spiro atoms. The minimum atomic E-state index is -0.729. The normalized spacial score (nSPS) is 15.9. The summed E-state index contributed by atoms with van der Waals surface area (Å²) in [6, 6.07) is 11.0. The highest BCUT2D eigenvalue weighted by atomic mass is 79.9. The van der Waals surface area contributed by atoms with Gasteiger partial charge < -0.3 is 5.11 Å². The molecule has 0 aromatic heterocycles. The topological polar surface area (TPSA) is 101 Å². The van der Waals surface area contributed by atoms with Crippen LogP contribution >= 0.6 is 27.7 Å². The molecule has 25 heavy (non-hydrogen) atoms. The summed E-state index contributed by atoms with van der Waals surface area (Å²) in [6.45, 7) is 0. The summed E-state index contributed by atoms with van der Waals surface area (Å²) in [5.74, 6) is -1.12. The Morgan fingerprint density at radius 3 is 2.52 bits per heavy atom. The number of nitro benzene ring substituents is 1. The molecule has 1 fully saturated rings. The SMILES string of the molecule is O=C1S/C(=C/c2cc(Br)cc([N+](=O)[O-])c2O)C(=O)N1c1ccccc1. The van der Waals surface area contributed by atoms with Crippen molar-refractivity contribution in [1.29, 1.82) is 0 Å². The highest BCUT2D eigenvalue weighted by molar-refractivity contribution is 9.10. The van der Waals surface area contributed by atoms with Gasteiger partial charge in [-0.3, -0.25) is 19.7 Å². The number of nitro groups is 1. The minimum absolute atomic E-state index is 0.0663. The van der Waals surface area contributed by atoms with Gasteiger partial charge in [0.05, 0.1) is 15.5 Å². The number of amides is 2. The molecule has 2 aromatic carbocycles. The lowest BCUT2D eigenvalue weighted by Gasteiger charge is -2.11. The van der Waals surface area contributed by atoms with Gasteiger partial charge in [-0.15, -0.1) is 0 Å². The van der Waals surface area contributed by atoms with Crippen molar-refractivity contribution in [1.82, 2.24) is 0 Å². The number of imide groups is 1. The third kappa shape index (κ3) is 3.28. The highest BCUT2D eigenvalue weighted by Gasteiger charge is 2.36. The predicted octanol–water partition coefficient (Wildman–Crippen LogP) is 4.30. The van der Waals surface area contributed by atoms with Crippen molar-refractivity contribution < 1.29 is 19.6 Å². The van der Waals surface area contributed by atoms with E-state index >= 15 is 0 Å². The number of halogens is 1. The number of phenolic OH excluding ortho intramolecular Hbond substituents is 1. The first-order valence-electron chi connectivity index (χ1n) is 6.88. The van der Waals surface area contributed by atoms with Crippen LogP contribution in [0.5, 0.6) is 5.75 Å². The maximum Gasteiger partial charge on any atom is 0.312 e. The van der Waals surface area contributed by atoms with Crippen LogP contribution in [-0.4, -0.2) is 21.2 Å². The van der Waals surface area contributed by atoms with Crippen molar-refractivity contribution in [3.8, 4) is 5.75 Å². The van der Waals surface area contributed by atoms with Crippen molar-refractivity contribution in [3.63, 3.8) is 0 Å². The van der Waals surface area contributed by atoms with E-state index in [1.807, 2.05) is 0 Å². The first-order chi connectivity index (χ1) is 11.9. The summed E-state index contributed by atoms with van der Waals surface area (Å²) in [4.78, 5) is 36.0. The molecular formula is C16H9BrN2O5S. The second-order valence-corrected chi connectivity index (χ2v) is 6.88. The molecule has 3 rings (SSSR count). The average molecular weight is 421 g/mol. The zero-order chi connectivity index (χ0) is 18.1. The monoisotopic (exact) mass is 420 g/mol. The molecule has 0 radical (unpaired) electrons. The lowest BCUT2D eigenvalue weighted by molar-refractivity contribution is -0.385. The fraction of sp³-hybridized carbons (Fsp3) is 0. The van der Waals surface area contributed by atoms with Crippen molar-refractivity contribution in [3.05, 3.63) is 67.5 Å². The molecule has 0 unspecified atom stereocenters. The number of hydrogen-bond donors (Lipinski definition) is 1. The Hall–Kier alpha value is -2.65. The number of carbonyl (C=O) groups excluding carboxylic acids is 2. The molecular weight excluding hydrogens is 412 g/mol. The molecule has 9 heteroatoms. The van der Waals surface area contributed by atoms with Crippen molar-refractivity contribution in [2.75, 3.05) is 4.90 Å². The van der Waals surface area contributed by atoms with Gasteiger partial charge in [0.1, 0.15) is 0 Å². The summed E-state index contributed by atoms with van der Waals surface area (Å²) < 4.78 is 0.366. The Morgan fingerprint density at radius 2 is 1.88 bits per heavy atom. The molecule has 7 nitrogen and oxygen atoms in total. The molecule has 0 atom stereocenters. The summed E-state index contributed by atoms with van der Waals surface area (Å²) in [6.07, 6.45) is 1.26. The third-order valence-corrected chi connectivity index (χ3v) is 4.70. The molecule has 1 heterocycles. The van der Waals surface area contributed by atoms with Crippen LogP contribution in [0.25, 0.3) is 6.08 Å². The van der Waals surface area contributed by atoms with Crippen molar-refractivity contribution in [2.24, 2.45) is 0 Å². The second-order valence-electron chi connectivity index (χ2n) is 4.97. The van der Waals surface area contributed by atoms with E-state index in [2.05, 4.69) is 15.9 Å². The largest absolute Gasteiger partial charge is 0.502 e. The predicted molar refractivity (Wildman–Crippen MR) is 97.4 cm³/mol. The van der Waals surface area contributed by atoms with Crippen LogP contribution in [0.4, 0.5) is 16.2 Å². The van der Waals surface area contributed by atoms with Crippen LogP contribution in [0.3, 0.4) is 0 Å². The van der Waals surface area contributed by atoms with E-state index in [4.69, 9.17) is 0 Å². The Kier molecular flexibility index (Phi) is 4.60. The van der Waals surface area contributed by atoms with E-state index in [1.165, 1.54) is 12.1 Å². The van der Waals surface area contributed by atoms with Crippen LogP contribution in [0, 0.1) is 10.1 Å². The standard InChI is InChI=1S/C16H9BrN2O5S/c17-10-6-9(14(20)12(8-10)19(23)24)7-13-15(21)18(16(22)25-13)11-4-2-1-3-5-11/h1-8,20H/b13-7+. The van der Waals surface area contributed by atoms with Crippen LogP contribution in [0.15, 0.2) is 51.8 Å². The molecule has 0 aliphatic carbocycles. The van der Waals surface area contributed by atoms with Gasteiger partial charge in [-0.2, -0.15) is 0 Å². The molecule has 2 aromatic rings. The van der Waals surface area contributed by atoms with Crippen LogP contribution < -0.4 is 4.90 Å². The maximum absolute atomic E-state index is 12.5. The Balaban J connectivity index is 2.02. The maximum atomic E-state index is 12.5. The van der Waals surface area contributed by atoms with Crippen LogP contribution in [0.2, 0.25) is 0 Å². The van der Waals surface area contributed by atoms with Gasteiger partial charge in [-0.05, 0) is 36.0 Å². The number of phenols is 1. The number of para-hydroxylation sites is 1. The van der Waals surface area contributed by atoms with Gasteiger partial charge in [0.25, 0.3) is 11.1 Å². The third-order valence-electron chi connectivity index (χ3n) is 3.38. The Labute approximate surface area is 154 Å². The number of aromatic hydroxyl groups is 1. The first-order valence-corrected chi connectivity index (χ1v) is 8.49. The average Bonchev–Trinajstić information content (AvgIpc) is 2.85. The van der Waals surface area contributed by atoms with Crippen LogP contribution in [0.1, 0.15) is 5.56 Å². The van der Waals surface area contributed by atoms with Crippen molar-refractivity contribution >= 4 is 56.3 Å². The zero-order valence-electron chi connectivity index (χ0n) is 12.4. The zero-order valence-corrected chi connectivity index (χ0v) is 14.8. The van der Waals surface area contributed by atoms with Gasteiger partial charge in [-0.1, -0.05) is 34.1 Å². The van der Waals surface area contributed by atoms with E-state index in [9.17, 15) is 24.8 Å². The number of anilines is 1. The van der Waals surface area contributed by atoms with Gasteiger partial charge >= 0.3 is 5.69 Å². The number of hydrogen-bond acceptors (Lipinski definition) is 6. The molecule has 126 valence electrons. The van der Waals surface area contributed by atoms with Crippen molar-refractivity contribution in [2.45, 2.75) is 0 Å². The summed E-state index contributed by atoms with van der Waals surface area (Å²) in [7, 11) is 0. The molecule has 1 saturated heterocycles. The molecule has 1 N–H and O–H groups in total. The van der Waals surface area contributed by atoms with E-state index in [-0.39, 0.29) is 10.5 Å². The van der Waals surface area contributed by atoms with E-state index in [1.54, 1.807) is 30.3 Å². The van der Waals surface area contributed by atoms with Gasteiger partial charge in [0.2, 0.25) is 5.75 Å². The Morgan fingerprint density at radius 1 is 1.20 bits per heavy atom. The molecule has 1 aliphatic heterocycles. The van der Waals surface area contributed by atoms with Gasteiger partial charge in [0.15, 0.2) is 0 Å². The number of benzene rings is 2. The van der Waals surface area contributed by atoms with E-state index in [0.29, 0.717) is 21.9 Å². The summed E-state index contributed by atoms with van der Waals surface area (Å²) in [5, 5.41) is 20.6. The molecule has 1 aliphatic rings. The molecule has 0 bridgehead atoms. The van der Waals surface area contributed by atoms with E-state index < -0.39 is 27.5 Å². The lowest BCUT2D eigenvalue weighted by Crippen LogP contribution is -2.27. The second kappa shape index (κ2) is 6.69.